The van der Waals surface area contributed by atoms with Gasteiger partial charge in [0.1, 0.15) is 40.5 Å². The van der Waals surface area contributed by atoms with Gasteiger partial charge < -0.3 is 25.6 Å². The molecule has 4 N–H and O–H groups in total. The first-order chi connectivity index (χ1) is 20.1. The number of nitrogens with two attached hydrogens (primary N) is 1. The number of hydrogen-bond acceptors (Lipinski definition) is 8. The smallest absolute Gasteiger partial charge is 0.424 e. The van der Waals surface area contributed by atoms with E-state index < -0.39 is 47.1 Å². The number of hydrogen-bond donors (Lipinski definition) is 3. The third-order valence-corrected chi connectivity index (χ3v) is 8.46. The van der Waals surface area contributed by atoms with E-state index in [4.69, 9.17) is 26.8 Å². The molecule has 0 spiro atoms. The lowest BCUT2D eigenvalue weighted by molar-refractivity contribution is -0.265. The number of benzene rings is 2. The van der Waals surface area contributed by atoms with Gasteiger partial charge in [0.15, 0.2) is 0 Å². The van der Waals surface area contributed by atoms with E-state index in [2.05, 4.69) is 15.3 Å². The predicted octanol–water partition coefficient (Wildman–Crippen LogP) is 4.78. The molecule has 2 aromatic heterocycles. The summed E-state index contributed by atoms with van der Waals surface area (Å²) >= 11 is 7.18. The number of halogens is 5. The standard InChI is InChI=1S/C28H23ClF4N4O5S/c1-12-36-22-18(41-3)7-14(8-19(22)43-12)24(38)35-10-27(40,28(31,32)33)20-9-15-23(42-11-26(15,2)25(34)39)21(37-20)13-4-5-17(30)16(29)6-13/h4-9,40H,10-11H2,1-3H3,(H2,34,39)(H,35,38)/t26-,27?/m0/s1. The Bertz CT molecular complexity index is 1800. The number of aromatic nitrogens is 2. The number of alkyl halides is 3. The molecule has 1 aliphatic rings. The van der Waals surface area contributed by atoms with Gasteiger partial charge in [-0.05, 0) is 50.2 Å². The number of thiazole rings is 1. The molecule has 0 fully saturated rings. The molecule has 2 amide bonds. The van der Waals surface area contributed by atoms with Gasteiger partial charge in [-0.15, -0.1) is 11.3 Å². The normalized spacial score (nSPS) is 17.7. The summed E-state index contributed by atoms with van der Waals surface area (Å²) in [5, 5.41) is 13.7. The summed E-state index contributed by atoms with van der Waals surface area (Å²) in [5.74, 6) is -2.48. The van der Waals surface area contributed by atoms with Crippen molar-refractivity contribution in [3.63, 3.8) is 0 Å². The van der Waals surface area contributed by atoms with Crippen LogP contribution in [-0.4, -0.2) is 53.3 Å². The lowest BCUT2D eigenvalue weighted by Gasteiger charge is -2.31. The minimum atomic E-state index is -5.38. The second-order valence-electron chi connectivity index (χ2n) is 10.1. The molecule has 0 saturated heterocycles. The van der Waals surface area contributed by atoms with Crippen LogP contribution >= 0.6 is 22.9 Å². The lowest BCUT2D eigenvalue weighted by Crippen LogP contribution is -2.51. The summed E-state index contributed by atoms with van der Waals surface area (Å²) in [6, 6.07) is 6.94. The van der Waals surface area contributed by atoms with Gasteiger partial charge in [-0.1, -0.05) is 11.6 Å². The highest BCUT2D eigenvalue weighted by Crippen LogP contribution is 2.48. The maximum Gasteiger partial charge on any atom is 0.424 e. The molecular formula is C28H23ClF4N4O5S. The first kappa shape index (κ1) is 30.4. The third kappa shape index (κ3) is 5.12. The number of methoxy groups -OCH3 is 1. The summed E-state index contributed by atoms with van der Waals surface area (Å²) in [6.45, 7) is 1.43. The van der Waals surface area contributed by atoms with Crippen molar-refractivity contribution >= 4 is 45.0 Å². The second kappa shape index (κ2) is 10.6. The van der Waals surface area contributed by atoms with Crippen LogP contribution in [0.15, 0.2) is 36.4 Å². The number of pyridine rings is 1. The molecule has 5 rings (SSSR count). The van der Waals surface area contributed by atoms with Crippen LogP contribution in [0.4, 0.5) is 17.6 Å². The summed E-state index contributed by atoms with van der Waals surface area (Å²) in [4.78, 5) is 33.9. The molecule has 0 saturated carbocycles. The minimum Gasteiger partial charge on any atom is -0.494 e. The number of rotatable bonds is 7. The average Bonchev–Trinajstić information content (AvgIpc) is 3.51. The highest BCUT2D eigenvalue weighted by molar-refractivity contribution is 7.18. The molecule has 9 nitrogen and oxygen atoms in total. The van der Waals surface area contributed by atoms with Gasteiger partial charge in [-0.3, -0.25) is 9.59 Å². The Morgan fingerprint density at radius 3 is 2.58 bits per heavy atom. The fourth-order valence-electron chi connectivity index (χ4n) is 4.68. The summed E-state index contributed by atoms with van der Waals surface area (Å²) in [5.41, 5.74) is -0.546. The number of fused-ring (bicyclic) bond motifs is 2. The van der Waals surface area contributed by atoms with Crippen molar-refractivity contribution in [1.82, 2.24) is 15.3 Å². The molecule has 3 heterocycles. The van der Waals surface area contributed by atoms with Crippen molar-refractivity contribution in [2.45, 2.75) is 31.0 Å². The Morgan fingerprint density at radius 2 is 1.95 bits per heavy atom. The Kier molecular flexibility index (Phi) is 7.51. The van der Waals surface area contributed by atoms with Crippen LogP contribution in [0.1, 0.15) is 33.5 Å². The second-order valence-corrected chi connectivity index (χ2v) is 11.8. The number of nitrogens with one attached hydrogen (secondary N) is 1. The van der Waals surface area contributed by atoms with Crippen molar-refractivity contribution in [2.75, 3.05) is 20.3 Å². The van der Waals surface area contributed by atoms with Crippen molar-refractivity contribution in [3.05, 3.63) is 69.1 Å². The minimum absolute atomic E-state index is 0.0317. The largest absolute Gasteiger partial charge is 0.494 e. The maximum atomic E-state index is 14.7. The monoisotopic (exact) mass is 638 g/mol. The highest BCUT2D eigenvalue weighted by Gasteiger charge is 2.57. The summed E-state index contributed by atoms with van der Waals surface area (Å²) < 4.78 is 69.4. The molecule has 1 aliphatic heterocycles. The van der Waals surface area contributed by atoms with Gasteiger partial charge in [-0.2, -0.15) is 13.2 Å². The lowest BCUT2D eigenvalue weighted by atomic mass is 9.81. The Morgan fingerprint density at radius 1 is 1.23 bits per heavy atom. The van der Waals surface area contributed by atoms with Crippen LogP contribution in [-0.2, 0) is 15.8 Å². The van der Waals surface area contributed by atoms with Gasteiger partial charge in [0.2, 0.25) is 11.5 Å². The fraction of sp³-hybridized carbons (Fsp3) is 0.286. The first-order valence-corrected chi connectivity index (χ1v) is 13.7. The summed E-state index contributed by atoms with van der Waals surface area (Å²) in [7, 11) is 1.36. The number of carbonyl (C=O) groups is 2. The predicted molar refractivity (Wildman–Crippen MR) is 150 cm³/mol. The van der Waals surface area contributed by atoms with Gasteiger partial charge >= 0.3 is 6.18 Å². The zero-order chi connectivity index (χ0) is 31.5. The van der Waals surface area contributed by atoms with Gasteiger partial charge in [-0.25, -0.2) is 14.4 Å². The van der Waals surface area contributed by atoms with E-state index in [1.54, 1.807) is 6.92 Å². The van der Waals surface area contributed by atoms with Crippen molar-refractivity contribution in [3.8, 4) is 22.8 Å². The zero-order valence-corrected chi connectivity index (χ0v) is 24.3. The van der Waals surface area contributed by atoms with Crippen molar-refractivity contribution < 1.29 is 41.7 Å². The van der Waals surface area contributed by atoms with E-state index in [0.717, 1.165) is 18.2 Å². The van der Waals surface area contributed by atoms with Crippen LogP contribution in [0.3, 0.4) is 0 Å². The molecule has 2 atom stereocenters. The van der Waals surface area contributed by atoms with Crippen LogP contribution in [0.5, 0.6) is 11.5 Å². The molecular weight excluding hydrogens is 616 g/mol. The quantitative estimate of drug-likeness (QED) is 0.248. The fourth-order valence-corrected chi connectivity index (χ4v) is 5.75. The van der Waals surface area contributed by atoms with Crippen LogP contribution in [0.2, 0.25) is 5.02 Å². The number of aliphatic hydroxyl groups is 1. The van der Waals surface area contributed by atoms with Crippen LogP contribution < -0.4 is 20.5 Å². The molecule has 4 aromatic rings. The number of amides is 2. The molecule has 226 valence electrons. The maximum absolute atomic E-state index is 14.7. The Hall–Kier alpha value is -4.01. The molecule has 43 heavy (non-hydrogen) atoms. The molecule has 0 radical (unpaired) electrons. The van der Waals surface area contributed by atoms with E-state index in [-0.39, 0.29) is 45.5 Å². The SMILES string of the molecule is COc1cc(C(=O)NCC(O)(c2cc3c(c(-c4ccc(F)c(Cl)c4)n2)OC[C@]3(C)C(N)=O)C(F)(F)F)cc2sc(C)nc12. The number of aryl methyl sites for hydroxylation is 1. The van der Waals surface area contributed by atoms with Crippen molar-refractivity contribution in [1.29, 1.82) is 0 Å². The number of carbonyl (C=O) groups excluding carboxylic acids is 2. The topological polar surface area (TPSA) is 137 Å². The van der Waals surface area contributed by atoms with E-state index in [9.17, 15) is 32.3 Å². The zero-order valence-electron chi connectivity index (χ0n) is 22.7. The van der Waals surface area contributed by atoms with E-state index in [1.807, 2.05) is 0 Å². The highest BCUT2D eigenvalue weighted by atomic mass is 35.5. The first-order valence-electron chi connectivity index (χ1n) is 12.6. The molecule has 2 aromatic carbocycles. The van der Waals surface area contributed by atoms with Crippen LogP contribution in [0, 0.1) is 12.7 Å². The number of nitrogens with zero attached hydrogens (tertiary/aromatic N) is 2. The summed E-state index contributed by atoms with van der Waals surface area (Å²) in [6.07, 6.45) is -5.38. The van der Waals surface area contributed by atoms with E-state index in [0.29, 0.717) is 15.2 Å². The third-order valence-electron chi connectivity index (χ3n) is 7.26. The Balaban J connectivity index is 1.60. The van der Waals surface area contributed by atoms with Gasteiger partial charge in [0.05, 0.1) is 34.1 Å². The number of primary amides is 1. The number of ether oxygens (including phenoxy) is 2. The van der Waals surface area contributed by atoms with E-state index in [1.165, 1.54) is 43.6 Å². The molecule has 1 unspecified atom stereocenters. The average molecular weight is 639 g/mol. The van der Waals surface area contributed by atoms with Crippen molar-refractivity contribution in [2.24, 2.45) is 5.73 Å². The van der Waals surface area contributed by atoms with Gasteiger partial charge in [0.25, 0.3) is 5.91 Å². The van der Waals surface area contributed by atoms with Gasteiger partial charge in [0, 0.05) is 16.7 Å². The Labute approximate surface area is 250 Å². The molecule has 15 heteroatoms. The molecule has 0 aliphatic carbocycles. The van der Waals surface area contributed by atoms with Crippen LogP contribution in [0.25, 0.3) is 21.5 Å². The van der Waals surface area contributed by atoms with E-state index >= 15 is 0 Å². The molecule has 0 bridgehead atoms.